The minimum atomic E-state index is -0.765. The highest BCUT2D eigenvalue weighted by molar-refractivity contribution is 5.97. The molecule has 7 nitrogen and oxygen atoms in total. The quantitative estimate of drug-likeness (QED) is 0.497. The van der Waals surface area contributed by atoms with Gasteiger partial charge in [0, 0.05) is 19.5 Å². The number of rotatable bonds is 9. The van der Waals surface area contributed by atoms with E-state index < -0.39 is 29.8 Å². The summed E-state index contributed by atoms with van der Waals surface area (Å²) in [6.45, 7) is 6.11. The standard InChI is InChI=1S/C26H37N3O4/c1-5-16(3)20(15-30)29-23(25(32)28-14-17-10-8-7-9-11-17)19-13-12-18(6-2)21(24(31)27-4)22(19)26(29)33/h7-13,16,18-23,30H,5-6,14-15H2,1-4H3,(H,27,31)(H,28,32)/t16-,18+,19-,20-,21+,22-,23-/m0/s1. The number of benzene rings is 1. The van der Waals surface area contributed by atoms with Gasteiger partial charge in [0.15, 0.2) is 0 Å². The lowest BCUT2D eigenvalue weighted by Crippen LogP contribution is -2.54. The minimum Gasteiger partial charge on any atom is -0.394 e. The van der Waals surface area contributed by atoms with E-state index >= 15 is 0 Å². The molecule has 1 aliphatic heterocycles. The molecule has 1 fully saturated rings. The van der Waals surface area contributed by atoms with Crippen LogP contribution < -0.4 is 10.6 Å². The van der Waals surface area contributed by atoms with Gasteiger partial charge < -0.3 is 20.6 Å². The van der Waals surface area contributed by atoms with E-state index in [-0.39, 0.29) is 36.2 Å². The molecule has 7 heteroatoms. The number of allylic oxidation sites excluding steroid dienone is 1. The number of carbonyl (C=O) groups is 3. The lowest BCUT2D eigenvalue weighted by Gasteiger charge is -2.36. The van der Waals surface area contributed by atoms with Gasteiger partial charge in [-0.15, -0.1) is 0 Å². The van der Waals surface area contributed by atoms with Gasteiger partial charge in [0.1, 0.15) is 6.04 Å². The molecule has 3 amide bonds. The zero-order chi connectivity index (χ0) is 24.1. The number of amides is 3. The van der Waals surface area contributed by atoms with E-state index in [0.29, 0.717) is 6.54 Å². The first-order valence-corrected chi connectivity index (χ1v) is 12.0. The zero-order valence-corrected chi connectivity index (χ0v) is 20.0. The summed E-state index contributed by atoms with van der Waals surface area (Å²) in [5.41, 5.74) is 0.965. The molecule has 7 atom stereocenters. The molecular formula is C26H37N3O4. The van der Waals surface area contributed by atoms with Gasteiger partial charge in [-0.05, 0) is 23.8 Å². The monoisotopic (exact) mass is 455 g/mol. The van der Waals surface area contributed by atoms with Gasteiger partial charge in [0.2, 0.25) is 17.7 Å². The Morgan fingerprint density at radius 3 is 2.39 bits per heavy atom. The fourth-order valence-corrected chi connectivity index (χ4v) is 5.42. The van der Waals surface area contributed by atoms with Gasteiger partial charge in [0.05, 0.1) is 24.5 Å². The van der Waals surface area contributed by atoms with Crippen LogP contribution in [0.5, 0.6) is 0 Å². The largest absolute Gasteiger partial charge is 0.394 e. The number of carbonyl (C=O) groups excluding carboxylic acids is 3. The van der Waals surface area contributed by atoms with Crippen molar-refractivity contribution in [1.82, 2.24) is 15.5 Å². The normalized spacial score (nSPS) is 28.2. The topological polar surface area (TPSA) is 98.7 Å². The number of aliphatic hydroxyl groups is 1. The Labute approximate surface area is 196 Å². The van der Waals surface area contributed by atoms with E-state index in [1.807, 2.05) is 63.3 Å². The van der Waals surface area contributed by atoms with Crippen molar-refractivity contribution in [2.75, 3.05) is 13.7 Å². The number of likely N-dealkylation sites (tertiary alicyclic amines) is 1. The molecule has 3 rings (SSSR count). The van der Waals surface area contributed by atoms with Crippen LogP contribution in [0.4, 0.5) is 0 Å². The maximum absolute atomic E-state index is 13.9. The molecular weight excluding hydrogens is 418 g/mol. The lowest BCUT2D eigenvalue weighted by molar-refractivity contribution is -0.144. The first kappa shape index (κ1) is 25.0. The van der Waals surface area contributed by atoms with Crippen molar-refractivity contribution in [3.63, 3.8) is 0 Å². The first-order chi connectivity index (χ1) is 15.9. The van der Waals surface area contributed by atoms with Gasteiger partial charge in [-0.25, -0.2) is 0 Å². The Kier molecular flexibility index (Phi) is 8.30. The van der Waals surface area contributed by atoms with Crippen LogP contribution in [0.3, 0.4) is 0 Å². The van der Waals surface area contributed by atoms with Crippen LogP contribution in [-0.4, -0.2) is 53.5 Å². The fourth-order valence-electron chi connectivity index (χ4n) is 5.42. The molecule has 0 bridgehead atoms. The van der Waals surface area contributed by atoms with Crippen molar-refractivity contribution < 1.29 is 19.5 Å². The highest BCUT2D eigenvalue weighted by atomic mass is 16.3. The molecule has 180 valence electrons. The summed E-state index contributed by atoms with van der Waals surface area (Å²) in [5.74, 6) is -2.28. The zero-order valence-electron chi connectivity index (χ0n) is 20.0. The van der Waals surface area contributed by atoms with Crippen LogP contribution in [0.25, 0.3) is 0 Å². The van der Waals surface area contributed by atoms with Gasteiger partial charge in [0.25, 0.3) is 0 Å². The maximum atomic E-state index is 13.9. The van der Waals surface area contributed by atoms with Crippen molar-refractivity contribution in [3.05, 3.63) is 48.0 Å². The molecule has 1 heterocycles. The maximum Gasteiger partial charge on any atom is 0.243 e. The summed E-state index contributed by atoms with van der Waals surface area (Å²) < 4.78 is 0. The summed E-state index contributed by atoms with van der Waals surface area (Å²) in [7, 11) is 1.58. The number of nitrogens with zero attached hydrogens (tertiary/aromatic N) is 1. The van der Waals surface area contributed by atoms with E-state index in [0.717, 1.165) is 18.4 Å². The number of nitrogens with one attached hydrogen (secondary N) is 2. The highest BCUT2D eigenvalue weighted by Gasteiger charge is 2.58. The van der Waals surface area contributed by atoms with Crippen LogP contribution in [0.2, 0.25) is 0 Å². The Balaban J connectivity index is 1.99. The van der Waals surface area contributed by atoms with E-state index in [1.165, 1.54) is 0 Å². The van der Waals surface area contributed by atoms with E-state index in [4.69, 9.17) is 0 Å². The third kappa shape index (κ3) is 4.83. The van der Waals surface area contributed by atoms with Crippen molar-refractivity contribution in [2.24, 2.45) is 29.6 Å². The summed E-state index contributed by atoms with van der Waals surface area (Å²) >= 11 is 0. The molecule has 2 aliphatic rings. The smallest absolute Gasteiger partial charge is 0.243 e. The van der Waals surface area contributed by atoms with Gasteiger partial charge in [-0.2, -0.15) is 0 Å². The van der Waals surface area contributed by atoms with Crippen molar-refractivity contribution in [1.29, 1.82) is 0 Å². The van der Waals surface area contributed by atoms with Crippen LogP contribution in [0.1, 0.15) is 39.2 Å². The summed E-state index contributed by atoms with van der Waals surface area (Å²) in [6, 6.07) is 8.36. The van der Waals surface area contributed by atoms with E-state index in [9.17, 15) is 19.5 Å². The molecule has 3 N–H and O–H groups in total. The molecule has 0 spiro atoms. The number of hydrogen-bond acceptors (Lipinski definition) is 4. The molecule has 0 radical (unpaired) electrons. The molecule has 0 saturated carbocycles. The molecule has 1 aromatic carbocycles. The average Bonchev–Trinajstić information content (AvgIpc) is 3.14. The summed E-state index contributed by atoms with van der Waals surface area (Å²) in [4.78, 5) is 41.9. The third-order valence-corrected chi connectivity index (χ3v) is 7.49. The van der Waals surface area contributed by atoms with Gasteiger partial charge >= 0.3 is 0 Å². The molecule has 1 aliphatic carbocycles. The number of aliphatic hydroxyl groups excluding tert-OH is 1. The minimum absolute atomic E-state index is 0.00734. The van der Waals surface area contributed by atoms with Gasteiger partial charge in [-0.3, -0.25) is 14.4 Å². The first-order valence-electron chi connectivity index (χ1n) is 12.0. The predicted octanol–water partition coefficient (Wildman–Crippen LogP) is 2.11. The molecule has 0 aromatic heterocycles. The molecule has 0 unspecified atom stereocenters. The summed E-state index contributed by atoms with van der Waals surface area (Å²) in [6.07, 6.45) is 5.43. The van der Waals surface area contributed by atoms with Crippen LogP contribution in [0, 0.1) is 29.6 Å². The van der Waals surface area contributed by atoms with E-state index in [2.05, 4.69) is 10.6 Å². The summed E-state index contributed by atoms with van der Waals surface area (Å²) in [5, 5.41) is 16.0. The van der Waals surface area contributed by atoms with Crippen molar-refractivity contribution >= 4 is 17.7 Å². The predicted molar refractivity (Wildman–Crippen MR) is 127 cm³/mol. The Morgan fingerprint density at radius 1 is 1.12 bits per heavy atom. The number of fused-ring (bicyclic) bond motifs is 1. The lowest BCUT2D eigenvalue weighted by atomic mass is 9.69. The van der Waals surface area contributed by atoms with Gasteiger partial charge in [-0.1, -0.05) is 69.7 Å². The SMILES string of the molecule is CC[C@H](C)[C@H](CO)N1C(=O)[C@H]2[C@H](C=C[C@@H](CC)[C@H]2C(=O)NC)[C@H]1C(=O)NCc1ccccc1. The van der Waals surface area contributed by atoms with Crippen LogP contribution in [-0.2, 0) is 20.9 Å². The molecule has 33 heavy (non-hydrogen) atoms. The Hall–Kier alpha value is -2.67. The highest BCUT2D eigenvalue weighted by Crippen LogP contribution is 2.46. The molecule has 1 saturated heterocycles. The van der Waals surface area contributed by atoms with Crippen LogP contribution in [0.15, 0.2) is 42.5 Å². The van der Waals surface area contributed by atoms with Crippen LogP contribution >= 0.6 is 0 Å². The van der Waals surface area contributed by atoms with E-state index in [1.54, 1.807) is 11.9 Å². The Bertz CT molecular complexity index is 872. The molecule has 1 aromatic rings. The second kappa shape index (κ2) is 11.0. The fraction of sp³-hybridized carbons (Fsp3) is 0.577. The average molecular weight is 456 g/mol. The van der Waals surface area contributed by atoms with Crippen molar-refractivity contribution in [2.45, 2.75) is 52.2 Å². The Morgan fingerprint density at radius 2 is 1.82 bits per heavy atom. The second-order valence-electron chi connectivity index (χ2n) is 9.23. The third-order valence-electron chi connectivity index (χ3n) is 7.49. The number of hydrogen-bond donors (Lipinski definition) is 3. The second-order valence-corrected chi connectivity index (χ2v) is 9.23. The van der Waals surface area contributed by atoms with Crippen molar-refractivity contribution in [3.8, 4) is 0 Å².